The predicted molar refractivity (Wildman–Crippen MR) is 65.2 cm³/mol. The lowest BCUT2D eigenvalue weighted by molar-refractivity contribution is 0.144. The summed E-state index contributed by atoms with van der Waals surface area (Å²) in [5.74, 6) is 0.792. The molecule has 0 amide bonds. The van der Waals surface area contributed by atoms with E-state index >= 15 is 0 Å². The average Bonchev–Trinajstić information content (AvgIpc) is 2.48. The number of rotatable bonds is 2. The number of nitrogens with zero attached hydrogens (tertiary/aromatic N) is 1. The Morgan fingerprint density at radius 2 is 2.06 bits per heavy atom. The SMILES string of the molecule is Nc1ccc(NC2CCCCCC2O)nc1. The molecule has 16 heavy (non-hydrogen) atoms. The molecule has 1 saturated carbocycles. The maximum absolute atomic E-state index is 9.95. The number of pyridine rings is 1. The van der Waals surface area contributed by atoms with E-state index in [4.69, 9.17) is 5.73 Å². The molecule has 4 nitrogen and oxygen atoms in total. The van der Waals surface area contributed by atoms with Gasteiger partial charge < -0.3 is 16.2 Å². The minimum absolute atomic E-state index is 0.124. The van der Waals surface area contributed by atoms with Crippen LogP contribution in [0.15, 0.2) is 18.3 Å². The molecule has 2 atom stereocenters. The molecule has 0 saturated heterocycles. The van der Waals surface area contributed by atoms with Crippen LogP contribution in [0, 0.1) is 0 Å². The zero-order chi connectivity index (χ0) is 11.4. The number of aliphatic hydroxyl groups is 1. The Labute approximate surface area is 95.9 Å². The van der Waals surface area contributed by atoms with E-state index in [1.165, 1.54) is 12.8 Å². The lowest BCUT2D eigenvalue weighted by atomic mass is 10.1. The van der Waals surface area contributed by atoms with E-state index in [9.17, 15) is 5.11 Å². The van der Waals surface area contributed by atoms with Gasteiger partial charge in [0.1, 0.15) is 5.82 Å². The van der Waals surface area contributed by atoms with Gasteiger partial charge in [-0.1, -0.05) is 19.3 Å². The van der Waals surface area contributed by atoms with Crippen molar-refractivity contribution in [3.8, 4) is 0 Å². The van der Waals surface area contributed by atoms with Crippen LogP contribution in [0.3, 0.4) is 0 Å². The molecule has 1 aliphatic carbocycles. The van der Waals surface area contributed by atoms with Gasteiger partial charge >= 0.3 is 0 Å². The Morgan fingerprint density at radius 1 is 1.25 bits per heavy atom. The second kappa shape index (κ2) is 5.16. The Balaban J connectivity index is 1.99. The van der Waals surface area contributed by atoms with Crippen molar-refractivity contribution in [2.75, 3.05) is 11.1 Å². The maximum Gasteiger partial charge on any atom is 0.126 e. The van der Waals surface area contributed by atoms with E-state index < -0.39 is 0 Å². The number of hydrogen-bond acceptors (Lipinski definition) is 4. The van der Waals surface area contributed by atoms with Crippen molar-refractivity contribution in [1.82, 2.24) is 4.98 Å². The standard InChI is InChI=1S/C12H19N3O/c13-9-6-7-12(14-8-9)15-10-4-2-1-3-5-11(10)16/h6-8,10-11,16H,1-5,13H2,(H,14,15). The van der Waals surface area contributed by atoms with Crippen molar-refractivity contribution in [3.05, 3.63) is 18.3 Å². The Morgan fingerprint density at radius 3 is 2.81 bits per heavy atom. The number of hydrogen-bond donors (Lipinski definition) is 3. The summed E-state index contributed by atoms with van der Waals surface area (Å²) in [6.07, 6.45) is 6.76. The van der Waals surface area contributed by atoms with E-state index in [1.807, 2.05) is 12.1 Å². The third kappa shape index (κ3) is 2.85. The minimum Gasteiger partial charge on any atom is -0.397 e. The van der Waals surface area contributed by atoms with Gasteiger partial charge in [-0.3, -0.25) is 0 Å². The monoisotopic (exact) mass is 221 g/mol. The molecule has 4 heteroatoms. The summed E-state index contributed by atoms with van der Waals surface area (Å²) >= 11 is 0. The Kier molecular flexibility index (Phi) is 3.62. The summed E-state index contributed by atoms with van der Waals surface area (Å²) in [6.45, 7) is 0. The fourth-order valence-electron chi connectivity index (χ4n) is 2.14. The van der Waals surface area contributed by atoms with Crippen LogP contribution in [-0.2, 0) is 0 Å². The topological polar surface area (TPSA) is 71.2 Å². The van der Waals surface area contributed by atoms with Crippen LogP contribution in [0.25, 0.3) is 0 Å². The quantitative estimate of drug-likeness (QED) is 0.666. The zero-order valence-electron chi connectivity index (χ0n) is 9.39. The second-order valence-corrected chi connectivity index (χ2v) is 4.43. The van der Waals surface area contributed by atoms with Crippen molar-refractivity contribution in [2.24, 2.45) is 0 Å². The predicted octanol–water partition coefficient (Wildman–Crippen LogP) is 1.77. The van der Waals surface area contributed by atoms with E-state index in [1.54, 1.807) is 6.20 Å². The van der Waals surface area contributed by atoms with Crippen LogP contribution >= 0.6 is 0 Å². The normalized spacial score (nSPS) is 26.1. The summed E-state index contributed by atoms with van der Waals surface area (Å²) < 4.78 is 0. The zero-order valence-corrected chi connectivity index (χ0v) is 9.39. The van der Waals surface area contributed by atoms with Crippen LogP contribution < -0.4 is 11.1 Å². The van der Waals surface area contributed by atoms with E-state index in [0.29, 0.717) is 5.69 Å². The molecule has 0 aromatic carbocycles. The van der Waals surface area contributed by atoms with Crippen LogP contribution in [0.2, 0.25) is 0 Å². The third-order valence-electron chi connectivity index (χ3n) is 3.10. The first-order valence-electron chi connectivity index (χ1n) is 5.92. The first-order valence-corrected chi connectivity index (χ1v) is 5.92. The van der Waals surface area contributed by atoms with Gasteiger partial charge in [0.15, 0.2) is 0 Å². The van der Waals surface area contributed by atoms with Crippen LogP contribution in [0.4, 0.5) is 11.5 Å². The van der Waals surface area contributed by atoms with Crippen LogP contribution in [0.5, 0.6) is 0 Å². The summed E-state index contributed by atoms with van der Waals surface area (Å²) in [5.41, 5.74) is 6.23. The smallest absolute Gasteiger partial charge is 0.126 e. The minimum atomic E-state index is -0.262. The molecule has 88 valence electrons. The van der Waals surface area contributed by atoms with E-state index in [2.05, 4.69) is 10.3 Å². The van der Waals surface area contributed by atoms with Gasteiger partial charge in [0.25, 0.3) is 0 Å². The molecular formula is C12H19N3O. The van der Waals surface area contributed by atoms with Crippen molar-refractivity contribution in [3.63, 3.8) is 0 Å². The lowest BCUT2D eigenvalue weighted by Crippen LogP contribution is -2.32. The first-order chi connectivity index (χ1) is 7.75. The molecule has 0 aliphatic heterocycles. The lowest BCUT2D eigenvalue weighted by Gasteiger charge is -2.22. The Hall–Kier alpha value is -1.29. The third-order valence-corrected chi connectivity index (χ3v) is 3.10. The molecule has 1 heterocycles. The number of anilines is 2. The molecule has 0 bridgehead atoms. The van der Waals surface area contributed by atoms with Gasteiger partial charge in [-0.15, -0.1) is 0 Å². The Bertz CT molecular complexity index is 326. The van der Waals surface area contributed by atoms with Crippen LogP contribution in [0.1, 0.15) is 32.1 Å². The molecule has 2 rings (SSSR count). The molecule has 0 spiro atoms. The number of nitrogen functional groups attached to an aromatic ring is 1. The highest BCUT2D eigenvalue weighted by molar-refractivity contribution is 5.44. The number of aliphatic hydroxyl groups excluding tert-OH is 1. The summed E-state index contributed by atoms with van der Waals surface area (Å²) in [7, 11) is 0. The van der Waals surface area contributed by atoms with Gasteiger partial charge in [-0.25, -0.2) is 4.98 Å². The molecule has 4 N–H and O–H groups in total. The van der Waals surface area contributed by atoms with Crippen LogP contribution in [-0.4, -0.2) is 22.2 Å². The molecule has 1 aromatic rings. The molecule has 0 radical (unpaired) electrons. The molecule has 2 unspecified atom stereocenters. The van der Waals surface area contributed by atoms with Gasteiger partial charge in [0.05, 0.1) is 24.0 Å². The molecule has 1 fully saturated rings. The van der Waals surface area contributed by atoms with Gasteiger partial charge in [-0.05, 0) is 25.0 Å². The molecular weight excluding hydrogens is 202 g/mol. The van der Waals surface area contributed by atoms with Gasteiger partial charge in [0, 0.05) is 0 Å². The fourth-order valence-corrected chi connectivity index (χ4v) is 2.14. The highest BCUT2D eigenvalue weighted by Gasteiger charge is 2.21. The first kappa shape index (κ1) is 11.2. The largest absolute Gasteiger partial charge is 0.397 e. The fraction of sp³-hybridized carbons (Fsp3) is 0.583. The number of aromatic nitrogens is 1. The summed E-state index contributed by atoms with van der Waals surface area (Å²) in [4.78, 5) is 4.19. The summed E-state index contributed by atoms with van der Waals surface area (Å²) in [5, 5.41) is 13.2. The van der Waals surface area contributed by atoms with Gasteiger partial charge in [-0.2, -0.15) is 0 Å². The highest BCUT2D eigenvalue weighted by atomic mass is 16.3. The number of nitrogens with one attached hydrogen (secondary N) is 1. The van der Waals surface area contributed by atoms with Crippen molar-refractivity contribution < 1.29 is 5.11 Å². The second-order valence-electron chi connectivity index (χ2n) is 4.43. The summed E-state index contributed by atoms with van der Waals surface area (Å²) in [6, 6.07) is 3.80. The number of nitrogens with two attached hydrogens (primary N) is 1. The van der Waals surface area contributed by atoms with Gasteiger partial charge in [0.2, 0.25) is 0 Å². The van der Waals surface area contributed by atoms with E-state index in [0.717, 1.165) is 25.1 Å². The molecule has 1 aromatic heterocycles. The highest BCUT2D eigenvalue weighted by Crippen LogP contribution is 2.21. The maximum atomic E-state index is 9.95. The van der Waals surface area contributed by atoms with E-state index in [-0.39, 0.29) is 12.1 Å². The van der Waals surface area contributed by atoms with Crippen molar-refractivity contribution in [2.45, 2.75) is 44.2 Å². The average molecular weight is 221 g/mol. The van der Waals surface area contributed by atoms with Crippen molar-refractivity contribution >= 4 is 11.5 Å². The van der Waals surface area contributed by atoms with Crippen molar-refractivity contribution in [1.29, 1.82) is 0 Å². The molecule has 1 aliphatic rings.